The highest BCUT2D eigenvalue weighted by atomic mass is 16.2. The van der Waals surface area contributed by atoms with Crippen LogP contribution < -0.4 is 10.6 Å². The standard InChI is InChI=1S/C23H20N4O5/c1-26-19(29)16-7-6-15(10-17(16)20(26)30)24-18(28)12-27-21(31)23(25-22(27)32)9-8-13-4-2-3-5-14(13)11-23/h2-7,10H,8-9,11-12H2,1H3,(H,24,28)(H,25,32). The van der Waals surface area contributed by atoms with Crippen molar-refractivity contribution >= 4 is 35.3 Å². The van der Waals surface area contributed by atoms with E-state index in [1.165, 1.54) is 25.2 Å². The minimum atomic E-state index is -1.03. The Balaban J connectivity index is 1.30. The third-order valence-electron chi connectivity index (χ3n) is 6.35. The molecule has 3 aliphatic rings. The number of hydrogen-bond acceptors (Lipinski definition) is 5. The lowest BCUT2D eigenvalue weighted by molar-refractivity contribution is -0.134. The number of fused-ring (bicyclic) bond motifs is 2. The first kappa shape index (κ1) is 19.9. The molecule has 0 aromatic heterocycles. The van der Waals surface area contributed by atoms with Crippen LogP contribution in [0.25, 0.3) is 0 Å². The van der Waals surface area contributed by atoms with Crippen LogP contribution in [0.1, 0.15) is 38.3 Å². The van der Waals surface area contributed by atoms with Crippen LogP contribution in [-0.2, 0) is 22.4 Å². The van der Waals surface area contributed by atoms with E-state index in [1.54, 1.807) is 0 Å². The van der Waals surface area contributed by atoms with Crippen molar-refractivity contribution in [1.82, 2.24) is 15.1 Å². The second-order valence-corrected chi connectivity index (χ2v) is 8.33. The van der Waals surface area contributed by atoms with Gasteiger partial charge in [-0.25, -0.2) is 4.79 Å². The van der Waals surface area contributed by atoms with Crippen LogP contribution in [0.2, 0.25) is 0 Å². The fourth-order valence-corrected chi connectivity index (χ4v) is 4.63. The summed E-state index contributed by atoms with van der Waals surface area (Å²) < 4.78 is 0. The van der Waals surface area contributed by atoms with E-state index in [0.29, 0.717) is 24.9 Å². The lowest BCUT2D eigenvalue weighted by atomic mass is 9.78. The first-order valence-electron chi connectivity index (χ1n) is 10.3. The fourth-order valence-electron chi connectivity index (χ4n) is 4.63. The van der Waals surface area contributed by atoms with E-state index in [1.807, 2.05) is 24.3 Å². The van der Waals surface area contributed by atoms with Crippen molar-refractivity contribution in [3.8, 4) is 0 Å². The second-order valence-electron chi connectivity index (χ2n) is 8.33. The van der Waals surface area contributed by atoms with E-state index in [0.717, 1.165) is 20.9 Å². The topological polar surface area (TPSA) is 116 Å². The number of urea groups is 1. The Morgan fingerprint density at radius 3 is 2.53 bits per heavy atom. The van der Waals surface area contributed by atoms with Crippen LogP contribution in [0.3, 0.4) is 0 Å². The molecule has 2 aromatic carbocycles. The molecule has 0 saturated carbocycles. The van der Waals surface area contributed by atoms with Crippen molar-refractivity contribution in [3.05, 3.63) is 64.7 Å². The molecule has 5 rings (SSSR count). The summed E-state index contributed by atoms with van der Waals surface area (Å²) in [6.45, 7) is -0.446. The first-order valence-corrected chi connectivity index (χ1v) is 10.3. The van der Waals surface area contributed by atoms with Crippen LogP contribution in [0.5, 0.6) is 0 Å². The molecule has 1 saturated heterocycles. The van der Waals surface area contributed by atoms with Gasteiger partial charge >= 0.3 is 6.03 Å². The molecule has 9 nitrogen and oxygen atoms in total. The Bertz CT molecular complexity index is 1220. The van der Waals surface area contributed by atoms with Crippen molar-refractivity contribution in [2.45, 2.75) is 24.8 Å². The summed E-state index contributed by atoms with van der Waals surface area (Å²) in [5.41, 5.74) is 1.91. The van der Waals surface area contributed by atoms with Crippen LogP contribution in [0, 0.1) is 0 Å². The van der Waals surface area contributed by atoms with Gasteiger partial charge in [-0.05, 0) is 42.2 Å². The number of carbonyl (C=O) groups excluding carboxylic acids is 5. The Hall–Kier alpha value is -4.01. The van der Waals surface area contributed by atoms with E-state index in [-0.39, 0.29) is 11.1 Å². The summed E-state index contributed by atoms with van der Waals surface area (Å²) in [5, 5.41) is 5.40. The first-order chi connectivity index (χ1) is 15.3. The molecule has 32 heavy (non-hydrogen) atoms. The molecule has 1 atom stereocenters. The van der Waals surface area contributed by atoms with E-state index in [2.05, 4.69) is 10.6 Å². The van der Waals surface area contributed by atoms with Crippen molar-refractivity contribution in [2.24, 2.45) is 0 Å². The Morgan fingerprint density at radius 2 is 1.75 bits per heavy atom. The summed E-state index contributed by atoms with van der Waals surface area (Å²) in [6, 6.07) is 11.6. The highest BCUT2D eigenvalue weighted by Crippen LogP contribution is 2.33. The van der Waals surface area contributed by atoms with E-state index >= 15 is 0 Å². The van der Waals surface area contributed by atoms with Gasteiger partial charge in [-0.1, -0.05) is 24.3 Å². The summed E-state index contributed by atoms with van der Waals surface area (Å²) in [7, 11) is 1.39. The molecule has 1 fully saturated rings. The molecule has 1 unspecified atom stereocenters. The SMILES string of the molecule is CN1C(=O)c2ccc(NC(=O)CN3C(=O)NC4(CCc5ccccc5C4)C3=O)cc2C1=O. The summed E-state index contributed by atoms with van der Waals surface area (Å²) >= 11 is 0. The Morgan fingerprint density at radius 1 is 1.03 bits per heavy atom. The lowest BCUT2D eigenvalue weighted by Crippen LogP contribution is -2.51. The van der Waals surface area contributed by atoms with Gasteiger partial charge in [-0.3, -0.25) is 29.0 Å². The number of amides is 6. The highest BCUT2D eigenvalue weighted by Gasteiger charge is 2.52. The van der Waals surface area contributed by atoms with E-state index in [9.17, 15) is 24.0 Å². The summed E-state index contributed by atoms with van der Waals surface area (Å²) in [6.07, 6.45) is 1.53. The van der Waals surface area contributed by atoms with Gasteiger partial charge in [-0.15, -0.1) is 0 Å². The van der Waals surface area contributed by atoms with Gasteiger partial charge in [0.05, 0.1) is 11.1 Å². The number of nitrogens with zero attached hydrogens (tertiary/aromatic N) is 2. The number of anilines is 1. The number of nitrogens with one attached hydrogen (secondary N) is 2. The monoisotopic (exact) mass is 432 g/mol. The smallest absolute Gasteiger partial charge is 0.325 e. The molecule has 1 spiro atoms. The van der Waals surface area contributed by atoms with Crippen LogP contribution in [-0.4, -0.2) is 58.6 Å². The van der Waals surface area contributed by atoms with Gasteiger partial charge in [0.15, 0.2) is 0 Å². The summed E-state index contributed by atoms with van der Waals surface area (Å²) in [5.74, 6) is -1.84. The van der Waals surface area contributed by atoms with Crippen LogP contribution in [0.15, 0.2) is 42.5 Å². The van der Waals surface area contributed by atoms with Crippen molar-refractivity contribution in [1.29, 1.82) is 0 Å². The zero-order chi connectivity index (χ0) is 22.6. The van der Waals surface area contributed by atoms with Gasteiger partial charge in [-0.2, -0.15) is 0 Å². The van der Waals surface area contributed by atoms with Crippen molar-refractivity contribution in [3.63, 3.8) is 0 Å². The fraction of sp³-hybridized carbons (Fsp3) is 0.261. The van der Waals surface area contributed by atoms with E-state index < -0.39 is 41.7 Å². The molecule has 2 aromatic rings. The molecule has 0 radical (unpaired) electrons. The van der Waals surface area contributed by atoms with Crippen LogP contribution in [0.4, 0.5) is 10.5 Å². The number of benzene rings is 2. The van der Waals surface area contributed by atoms with Crippen molar-refractivity contribution in [2.75, 3.05) is 18.9 Å². The van der Waals surface area contributed by atoms with Gasteiger partial charge in [0.1, 0.15) is 12.1 Å². The molecule has 0 bridgehead atoms. The van der Waals surface area contributed by atoms with Crippen molar-refractivity contribution < 1.29 is 24.0 Å². The van der Waals surface area contributed by atoms with Gasteiger partial charge in [0, 0.05) is 19.2 Å². The number of rotatable bonds is 3. The maximum atomic E-state index is 13.1. The maximum absolute atomic E-state index is 13.1. The largest absolute Gasteiger partial charge is 0.325 e. The molecule has 162 valence electrons. The number of aryl methyl sites for hydroxylation is 1. The molecule has 9 heteroatoms. The quantitative estimate of drug-likeness (QED) is 0.561. The van der Waals surface area contributed by atoms with Crippen LogP contribution >= 0.6 is 0 Å². The predicted octanol–water partition coefficient (Wildman–Crippen LogP) is 1.33. The normalized spacial score (nSPS) is 21.7. The molecule has 2 aliphatic heterocycles. The lowest BCUT2D eigenvalue weighted by Gasteiger charge is -2.32. The average Bonchev–Trinajstić information content (AvgIpc) is 3.13. The minimum absolute atomic E-state index is 0.199. The zero-order valence-electron chi connectivity index (χ0n) is 17.3. The maximum Gasteiger partial charge on any atom is 0.325 e. The molecule has 2 N–H and O–H groups in total. The van der Waals surface area contributed by atoms with Gasteiger partial charge < -0.3 is 10.6 Å². The number of imide groups is 2. The van der Waals surface area contributed by atoms with Gasteiger partial charge in [0.25, 0.3) is 17.7 Å². The third-order valence-corrected chi connectivity index (χ3v) is 6.35. The second kappa shape index (κ2) is 7.01. The Kier molecular flexibility index (Phi) is 4.37. The molecule has 2 heterocycles. The molecular weight excluding hydrogens is 412 g/mol. The number of hydrogen-bond donors (Lipinski definition) is 2. The predicted molar refractivity (Wildman–Crippen MR) is 113 cm³/mol. The molecule has 1 aliphatic carbocycles. The minimum Gasteiger partial charge on any atom is -0.325 e. The molecule has 6 amide bonds. The van der Waals surface area contributed by atoms with Gasteiger partial charge in [0.2, 0.25) is 5.91 Å². The highest BCUT2D eigenvalue weighted by molar-refractivity contribution is 6.21. The number of carbonyl (C=O) groups is 5. The molecular formula is C23H20N4O5. The zero-order valence-corrected chi connectivity index (χ0v) is 17.3. The van der Waals surface area contributed by atoms with E-state index in [4.69, 9.17) is 0 Å². The Labute approximate surface area is 183 Å². The third kappa shape index (κ3) is 2.96. The summed E-state index contributed by atoms with van der Waals surface area (Å²) in [4.78, 5) is 64.4. The average molecular weight is 432 g/mol.